The normalized spacial score (nSPS) is 20.1. The van der Waals surface area contributed by atoms with Crippen LogP contribution in [0.1, 0.15) is 61.3 Å². The van der Waals surface area contributed by atoms with Crippen LogP contribution < -0.4 is 9.54 Å². The molecule has 2 saturated heterocycles. The lowest BCUT2D eigenvalue weighted by molar-refractivity contribution is -0.137. The van der Waals surface area contributed by atoms with Crippen LogP contribution >= 0.6 is 11.3 Å². The number of amides is 1. The quantitative estimate of drug-likeness (QED) is 0.305. The van der Waals surface area contributed by atoms with Crippen LogP contribution in [0.15, 0.2) is 34.5 Å². The Bertz CT molecular complexity index is 1250. The second-order valence-electron chi connectivity index (χ2n) is 10.8. The Morgan fingerprint density at radius 3 is 2.61 bits per heavy atom. The number of ether oxygens (including phenoxy) is 2. The molecule has 2 aliphatic heterocycles. The summed E-state index contributed by atoms with van der Waals surface area (Å²) in [5, 5.41) is 12.0. The van der Waals surface area contributed by atoms with Gasteiger partial charge in [-0.3, -0.25) is 9.69 Å². The lowest BCUT2D eigenvalue weighted by atomic mass is 9.95. The first-order chi connectivity index (χ1) is 17.8. The summed E-state index contributed by atoms with van der Waals surface area (Å²) in [5.74, 6) is -0.740. The van der Waals surface area contributed by atoms with E-state index in [-0.39, 0.29) is 28.9 Å². The SMILES string of the molecule is CC(CN1CC(Oc2ccc(C(F)(F)F)cc2C(=O)/N=c2\sc(C(C)(C)C)cn2C[C@H]2CCCO2)C1)=NO. The van der Waals surface area contributed by atoms with Gasteiger partial charge in [0.25, 0.3) is 5.91 Å². The van der Waals surface area contributed by atoms with E-state index in [1.165, 1.54) is 17.4 Å². The van der Waals surface area contributed by atoms with Crippen molar-refractivity contribution in [2.24, 2.45) is 10.1 Å². The Balaban J connectivity index is 1.65. The smallest absolute Gasteiger partial charge is 0.416 e. The molecule has 0 aliphatic carbocycles. The van der Waals surface area contributed by atoms with E-state index in [0.717, 1.165) is 29.9 Å². The summed E-state index contributed by atoms with van der Waals surface area (Å²) in [4.78, 5) is 21.1. The molecule has 0 radical (unpaired) electrons. The van der Waals surface area contributed by atoms with E-state index in [9.17, 15) is 18.0 Å². The predicted octanol–water partition coefficient (Wildman–Crippen LogP) is 4.70. The van der Waals surface area contributed by atoms with Crippen molar-refractivity contribution in [3.8, 4) is 5.75 Å². The molecule has 208 valence electrons. The van der Waals surface area contributed by atoms with E-state index in [1.807, 2.05) is 15.7 Å². The summed E-state index contributed by atoms with van der Waals surface area (Å²) in [6, 6.07) is 2.90. The molecular formula is C26H33F3N4O4S. The molecule has 2 aliphatic rings. The predicted molar refractivity (Wildman–Crippen MR) is 137 cm³/mol. The average Bonchev–Trinajstić information content (AvgIpc) is 3.47. The van der Waals surface area contributed by atoms with Crippen molar-refractivity contribution in [3.05, 3.63) is 45.2 Å². The summed E-state index contributed by atoms with van der Waals surface area (Å²) < 4.78 is 54.1. The van der Waals surface area contributed by atoms with Gasteiger partial charge in [0.2, 0.25) is 0 Å². The van der Waals surface area contributed by atoms with Crippen molar-refractivity contribution in [2.45, 2.75) is 70.9 Å². The Hall–Kier alpha value is -2.70. The van der Waals surface area contributed by atoms with Crippen molar-refractivity contribution < 1.29 is 32.6 Å². The van der Waals surface area contributed by atoms with Gasteiger partial charge < -0.3 is 19.2 Å². The molecule has 1 atom stereocenters. The van der Waals surface area contributed by atoms with Crippen LogP contribution in [0.3, 0.4) is 0 Å². The third kappa shape index (κ3) is 6.83. The van der Waals surface area contributed by atoms with E-state index in [4.69, 9.17) is 14.7 Å². The van der Waals surface area contributed by atoms with Gasteiger partial charge in [-0.25, -0.2) is 0 Å². The van der Waals surface area contributed by atoms with Crippen LogP contribution in [-0.4, -0.2) is 64.7 Å². The Morgan fingerprint density at radius 1 is 1.26 bits per heavy atom. The van der Waals surface area contributed by atoms with Crippen LogP contribution in [0.25, 0.3) is 0 Å². The first kappa shape index (κ1) is 28.3. The number of hydrogen-bond acceptors (Lipinski definition) is 7. The van der Waals surface area contributed by atoms with Crippen molar-refractivity contribution in [1.82, 2.24) is 9.47 Å². The van der Waals surface area contributed by atoms with E-state index >= 15 is 0 Å². The molecule has 0 saturated carbocycles. The zero-order valence-electron chi connectivity index (χ0n) is 21.9. The lowest BCUT2D eigenvalue weighted by Gasteiger charge is -2.38. The molecule has 1 amide bonds. The molecule has 1 N–H and O–H groups in total. The minimum atomic E-state index is -4.62. The second kappa shape index (κ2) is 11.2. The summed E-state index contributed by atoms with van der Waals surface area (Å²) in [6.07, 6.45) is -1.13. The number of aromatic nitrogens is 1. The van der Waals surface area contributed by atoms with Gasteiger partial charge in [-0.15, -0.1) is 11.3 Å². The molecule has 38 heavy (non-hydrogen) atoms. The largest absolute Gasteiger partial charge is 0.487 e. The third-order valence-corrected chi connectivity index (χ3v) is 7.90. The lowest BCUT2D eigenvalue weighted by Crippen LogP contribution is -2.55. The number of hydrogen-bond donors (Lipinski definition) is 1. The zero-order chi connectivity index (χ0) is 27.7. The Kier molecular flexibility index (Phi) is 8.34. The Labute approximate surface area is 223 Å². The third-order valence-electron chi connectivity index (χ3n) is 6.46. The molecule has 12 heteroatoms. The standard InChI is InChI=1S/C26H33F3N4O4S/c1-16(31-35)11-32-12-19(13-32)37-21-8-7-17(26(27,28)29)10-20(21)23(34)30-24-33(14-18-6-5-9-36-18)15-22(38-24)25(2,3)4/h7-8,10,15,18-19,35H,5-6,9,11-14H2,1-4H3/b30-24-,31-16?/t18-/m1/s1. The molecule has 1 aromatic heterocycles. The van der Waals surface area contributed by atoms with Crippen LogP contribution in [0.5, 0.6) is 5.75 Å². The molecule has 1 aromatic carbocycles. The first-order valence-electron chi connectivity index (χ1n) is 12.5. The van der Waals surface area contributed by atoms with Crippen LogP contribution in [0.2, 0.25) is 0 Å². The molecule has 4 rings (SSSR count). The fraction of sp³-hybridized carbons (Fsp3) is 0.577. The summed E-state index contributed by atoms with van der Waals surface area (Å²) in [6.45, 7) is 10.5. The maximum absolute atomic E-state index is 13.5. The fourth-order valence-electron chi connectivity index (χ4n) is 4.34. The van der Waals surface area contributed by atoms with Gasteiger partial charge in [-0.1, -0.05) is 25.9 Å². The van der Waals surface area contributed by atoms with Gasteiger partial charge in [0, 0.05) is 37.3 Å². The molecule has 3 heterocycles. The van der Waals surface area contributed by atoms with E-state index in [1.54, 1.807) is 6.92 Å². The number of oxime groups is 1. The monoisotopic (exact) mass is 554 g/mol. The number of rotatable bonds is 7. The minimum Gasteiger partial charge on any atom is -0.487 e. The zero-order valence-corrected chi connectivity index (χ0v) is 22.7. The maximum Gasteiger partial charge on any atom is 0.416 e. The van der Waals surface area contributed by atoms with Gasteiger partial charge in [0.1, 0.15) is 11.9 Å². The van der Waals surface area contributed by atoms with E-state index in [0.29, 0.717) is 43.3 Å². The van der Waals surface area contributed by atoms with Gasteiger partial charge >= 0.3 is 6.18 Å². The second-order valence-corrected chi connectivity index (χ2v) is 11.8. The highest BCUT2D eigenvalue weighted by atomic mass is 32.1. The van der Waals surface area contributed by atoms with Gasteiger partial charge in [0.15, 0.2) is 4.80 Å². The fourth-order valence-corrected chi connectivity index (χ4v) is 5.39. The van der Waals surface area contributed by atoms with Crippen molar-refractivity contribution in [1.29, 1.82) is 0 Å². The Morgan fingerprint density at radius 2 is 2.00 bits per heavy atom. The first-order valence-corrected chi connectivity index (χ1v) is 13.3. The molecule has 0 bridgehead atoms. The molecular weight excluding hydrogens is 521 g/mol. The summed E-state index contributed by atoms with van der Waals surface area (Å²) in [7, 11) is 0. The van der Waals surface area contributed by atoms with Crippen molar-refractivity contribution in [3.63, 3.8) is 0 Å². The molecule has 0 unspecified atom stereocenters. The minimum absolute atomic E-state index is 0.000000629. The van der Waals surface area contributed by atoms with Gasteiger partial charge in [-0.05, 0) is 43.4 Å². The van der Waals surface area contributed by atoms with E-state index < -0.39 is 17.6 Å². The van der Waals surface area contributed by atoms with Gasteiger partial charge in [0.05, 0.1) is 29.5 Å². The number of carbonyl (C=O) groups is 1. The number of alkyl halides is 3. The molecule has 2 aromatic rings. The number of thiazole rings is 1. The van der Waals surface area contributed by atoms with Crippen LogP contribution in [0, 0.1) is 0 Å². The maximum atomic E-state index is 13.5. The van der Waals surface area contributed by atoms with Crippen molar-refractivity contribution in [2.75, 3.05) is 26.2 Å². The highest BCUT2D eigenvalue weighted by Crippen LogP contribution is 2.34. The van der Waals surface area contributed by atoms with Crippen LogP contribution in [-0.2, 0) is 22.9 Å². The highest BCUT2D eigenvalue weighted by molar-refractivity contribution is 7.09. The van der Waals surface area contributed by atoms with Gasteiger partial charge in [-0.2, -0.15) is 18.2 Å². The number of carbonyl (C=O) groups excluding carboxylic acids is 1. The van der Waals surface area contributed by atoms with Crippen LogP contribution in [0.4, 0.5) is 13.2 Å². The average molecular weight is 555 g/mol. The summed E-state index contributed by atoms with van der Waals surface area (Å²) >= 11 is 1.34. The summed E-state index contributed by atoms with van der Waals surface area (Å²) in [5.41, 5.74) is -0.836. The number of halogens is 3. The molecule has 2 fully saturated rings. The number of benzene rings is 1. The molecule has 0 spiro atoms. The number of likely N-dealkylation sites (tertiary alicyclic amines) is 1. The van der Waals surface area contributed by atoms with E-state index in [2.05, 4.69) is 30.9 Å². The topological polar surface area (TPSA) is 88.7 Å². The molecule has 8 nitrogen and oxygen atoms in total. The highest BCUT2D eigenvalue weighted by Gasteiger charge is 2.34. The number of nitrogens with zero attached hydrogens (tertiary/aromatic N) is 4. The van der Waals surface area contributed by atoms with Crippen molar-refractivity contribution >= 4 is 23.0 Å².